The maximum atomic E-state index is 11.8. The van der Waals surface area contributed by atoms with Crippen molar-refractivity contribution >= 4 is 5.97 Å². The van der Waals surface area contributed by atoms with Gasteiger partial charge in [-0.2, -0.15) is 0 Å². The Morgan fingerprint density at radius 1 is 1.50 bits per heavy atom. The molecule has 0 radical (unpaired) electrons. The maximum absolute atomic E-state index is 11.8. The van der Waals surface area contributed by atoms with Gasteiger partial charge in [0.05, 0.1) is 6.61 Å². The van der Waals surface area contributed by atoms with E-state index in [0.29, 0.717) is 0 Å². The van der Waals surface area contributed by atoms with Crippen molar-refractivity contribution in [1.29, 1.82) is 0 Å². The van der Waals surface area contributed by atoms with Crippen molar-refractivity contribution < 1.29 is 29.6 Å². The molecule has 1 fully saturated rings. The highest BCUT2D eigenvalue weighted by Crippen LogP contribution is 2.30. The number of aliphatic hydroxyl groups excluding tert-OH is 2. The van der Waals surface area contributed by atoms with Crippen LogP contribution in [-0.4, -0.2) is 62.4 Å². The van der Waals surface area contributed by atoms with Crippen LogP contribution in [0.15, 0.2) is 15.8 Å². The maximum Gasteiger partial charge on any atom is 0.330 e. The predicted octanol–water partition coefficient (Wildman–Crippen LogP) is -2.43. The molecule has 122 valence electrons. The molecule has 1 aromatic heterocycles. The van der Waals surface area contributed by atoms with Gasteiger partial charge in [-0.1, -0.05) is 0 Å². The first kappa shape index (κ1) is 16.4. The first-order valence-corrected chi connectivity index (χ1v) is 6.45. The number of hydrogen-bond acceptors (Lipinski definition) is 7. The predicted molar refractivity (Wildman–Crippen MR) is 70.4 cm³/mol. The molecule has 1 aliphatic heterocycles. The number of aliphatic hydroxyl groups is 2. The SMILES string of the molecule is Cc1cn([C@@H]2O[C@H](CO)[C@@H](OCC(=O)O)[C@H]2O)c(=O)[nH]c1=O. The number of carboxylic acid groups (broad SMARTS) is 1. The van der Waals surface area contributed by atoms with E-state index in [9.17, 15) is 24.6 Å². The largest absolute Gasteiger partial charge is 0.480 e. The molecule has 0 amide bonds. The van der Waals surface area contributed by atoms with E-state index in [2.05, 4.69) is 4.98 Å². The third-order valence-electron chi connectivity index (χ3n) is 3.31. The van der Waals surface area contributed by atoms with Crippen molar-refractivity contribution in [2.75, 3.05) is 13.2 Å². The van der Waals surface area contributed by atoms with Gasteiger partial charge in [-0.3, -0.25) is 14.3 Å². The lowest BCUT2D eigenvalue weighted by Crippen LogP contribution is -2.40. The average Bonchev–Trinajstić information content (AvgIpc) is 2.77. The minimum Gasteiger partial charge on any atom is -0.480 e. The standard InChI is InChI=1S/C12H16N2O8/c1-5-2-14(12(20)13-10(5)19)11-8(18)9(6(3-15)22-11)21-4-7(16)17/h2,6,8-9,11,15,18H,3-4H2,1H3,(H,16,17)(H,13,19,20)/t6-,8-,9-,11-/m1/s1. The van der Waals surface area contributed by atoms with E-state index in [-0.39, 0.29) is 5.56 Å². The van der Waals surface area contributed by atoms with Gasteiger partial charge < -0.3 is 24.8 Å². The Kier molecular flexibility index (Phi) is 4.76. The number of ether oxygens (including phenoxy) is 2. The molecule has 1 saturated heterocycles. The fraction of sp³-hybridized carbons (Fsp3) is 0.583. The van der Waals surface area contributed by atoms with E-state index < -0.39 is 55.0 Å². The summed E-state index contributed by atoms with van der Waals surface area (Å²) >= 11 is 0. The Balaban J connectivity index is 2.30. The van der Waals surface area contributed by atoms with Crippen molar-refractivity contribution in [3.63, 3.8) is 0 Å². The summed E-state index contributed by atoms with van der Waals surface area (Å²) in [7, 11) is 0. The van der Waals surface area contributed by atoms with Crippen LogP contribution in [0.2, 0.25) is 0 Å². The number of H-pyrrole nitrogens is 1. The quantitative estimate of drug-likeness (QED) is 0.468. The van der Waals surface area contributed by atoms with Gasteiger partial charge in [0.25, 0.3) is 5.56 Å². The lowest BCUT2D eigenvalue weighted by atomic mass is 10.1. The number of nitrogens with zero attached hydrogens (tertiary/aromatic N) is 1. The van der Waals surface area contributed by atoms with Crippen LogP contribution < -0.4 is 11.2 Å². The highest BCUT2D eigenvalue weighted by Gasteiger charge is 2.45. The van der Waals surface area contributed by atoms with E-state index >= 15 is 0 Å². The fourth-order valence-corrected chi connectivity index (χ4v) is 2.24. The second-order valence-electron chi connectivity index (χ2n) is 4.89. The molecule has 10 heteroatoms. The Morgan fingerprint density at radius 3 is 2.77 bits per heavy atom. The Bertz CT molecular complexity index is 666. The van der Waals surface area contributed by atoms with Crippen molar-refractivity contribution in [3.8, 4) is 0 Å². The topological polar surface area (TPSA) is 151 Å². The molecule has 10 nitrogen and oxygen atoms in total. The zero-order valence-electron chi connectivity index (χ0n) is 11.6. The molecule has 0 aromatic carbocycles. The summed E-state index contributed by atoms with van der Waals surface area (Å²) < 4.78 is 11.3. The molecule has 1 aromatic rings. The van der Waals surface area contributed by atoms with Crippen LogP contribution in [0.1, 0.15) is 11.8 Å². The van der Waals surface area contributed by atoms with E-state index in [4.69, 9.17) is 14.6 Å². The Hall–Kier alpha value is -2.01. The zero-order valence-corrected chi connectivity index (χ0v) is 11.6. The van der Waals surface area contributed by atoms with Gasteiger partial charge in [-0.15, -0.1) is 0 Å². The average molecular weight is 316 g/mol. The summed E-state index contributed by atoms with van der Waals surface area (Å²) in [6, 6.07) is 0. The lowest BCUT2D eigenvalue weighted by molar-refractivity contribution is -0.147. The number of aromatic amines is 1. The molecule has 22 heavy (non-hydrogen) atoms. The molecule has 0 aliphatic carbocycles. The second kappa shape index (κ2) is 6.40. The van der Waals surface area contributed by atoms with Crippen molar-refractivity contribution in [2.24, 2.45) is 0 Å². The summed E-state index contributed by atoms with van der Waals surface area (Å²) in [5.41, 5.74) is -1.13. The van der Waals surface area contributed by atoms with Gasteiger partial charge >= 0.3 is 11.7 Å². The van der Waals surface area contributed by atoms with E-state index in [1.807, 2.05) is 0 Å². The molecule has 0 spiro atoms. The molecule has 2 rings (SSSR count). The van der Waals surface area contributed by atoms with Gasteiger partial charge in [0.1, 0.15) is 24.9 Å². The number of rotatable bonds is 5. The minimum atomic E-state index is -1.39. The first-order valence-electron chi connectivity index (χ1n) is 6.45. The summed E-state index contributed by atoms with van der Waals surface area (Å²) in [6.45, 7) is 0.251. The van der Waals surface area contributed by atoms with Gasteiger partial charge in [-0.05, 0) is 6.92 Å². The minimum absolute atomic E-state index is 0.228. The summed E-state index contributed by atoms with van der Waals surface area (Å²) in [5.74, 6) is -1.25. The summed E-state index contributed by atoms with van der Waals surface area (Å²) in [6.07, 6.45) is -3.51. The number of carbonyl (C=O) groups is 1. The van der Waals surface area contributed by atoms with E-state index in [0.717, 1.165) is 4.57 Å². The Labute approximate surface area is 123 Å². The van der Waals surface area contributed by atoms with Gasteiger partial charge in [0.2, 0.25) is 0 Å². The summed E-state index contributed by atoms with van der Waals surface area (Å²) in [4.78, 5) is 35.8. The van der Waals surface area contributed by atoms with Crippen molar-refractivity contribution in [1.82, 2.24) is 9.55 Å². The molecule has 1 aliphatic rings. The molecule has 0 unspecified atom stereocenters. The normalized spacial score (nSPS) is 28.0. The van der Waals surface area contributed by atoms with Crippen LogP contribution in [-0.2, 0) is 14.3 Å². The van der Waals surface area contributed by atoms with Crippen LogP contribution in [0, 0.1) is 6.92 Å². The highest BCUT2D eigenvalue weighted by atomic mass is 16.6. The number of carboxylic acids is 1. The van der Waals surface area contributed by atoms with Crippen molar-refractivity contribution in [2.45, 2.75) is 31.5 Å². The third kappa shape index (κ3) is 3.09. The Morgan fingerprint density at radius 2 is 2.18 bits per heavy atom. The van der Waals surface area contributed by atoms with Crippen LogP contribution >= 0.6 is 0 Å². The number of aryl methyl sites for hydroxylation is 1. The number of aromatic nitrogens is 2. The van der Waals surface area contributed by atoms with E-state index in [1.54, 1.807) is 0 Å². The molecular weight excluding hydrogens is 300 g/mol. The van der Waals surface area contributed by atoms with Gasteiger partial charge in [0, 0.05) is 11.8 Å². The summed E-state index contributed by atoms with van der Waals surface area (Å²) in [5, 5.41) is 28.0. The molecule has 0 bridgehead atoms. The number of nitrogens with one attached hydrogen (secondary N) is 1. The number of hydrogen-bond donors (Lipinski definition) is 4. The van der Waals surface area contributed by atoms with Crippen LogP contribution in [0.4, 0.5) is 0 Å². The molecule has 4 atom stereocenters. The third-order valence-corrected chi connectivity index (χ3v) is 3.31. The van der Waals surface area contributed by atoms with Gasteiger partial charge in [0.15, 0.2) is 6.23 Å². The van der Waals surface area contributed by atoms with Crippen molar-refractivity contribution in [3.05, 3.63) is 32.6 Å². The fourth-order valence-electron chi connectivity index (χ4n) is 2.24. The van der Waals surface area contributed by atoms with Crippen LogP contribution in [0.5, 0.6) is 0 Å². The van der Waals surface area contributed by atoms with Crippen LogP contribution in [0.25, 0.3) is 0 Å². The second-order valence-corrected chi connectivity index (χ2v) is 4.89. The van der Waals surface area contributed by atoms with E-state index in [1.165, 1.54) is 13.1 Å². The monoisotopic (exact) mass is 316 g/mol. The molecule has 2 heterocycles. The zero-order chi connectivity index (χ0) is 16.4. The lowest BCUT2D eigenvalue weighted by Gasteiger charge is -2.19. The highest BCUT2D eigenvalue weighted by molar-refractivity contribution is 5.68. The molecule has 4 N–H and O–H groups in total. The molecule has 0 saturated carbocycles. The first-order chi connectivity index (χ1) is 10.3. The number of aliphatic carboxylic acids is 1. The van der Waals surface area contributed by atoms with Crippen LogP contribution in [0.3, 0.4) is 0 Å². The smallest absolute Gasteiger partial charge is 0.330 e. The molecular formula is C12H16N2O8. The van der Waals surface area contributed by atoms with Gasteiger partial charge in [-0.25, -0.2) is 9.59 Å².